The van der Waals surface area contributed by atoms with Gasteiger partial charge in [-0.1, -0.05) is 0 Å². The minimum Gasteiger partial charge on any atom is -0.493 e. The number of nitrogens with one attached hydrogen (secondary N) is 1. The number of halogens is 3. The van der Waals surface area contributed by atoms with Crippen molar-refractivity contribution in [1.82, 2.24) is 24.8 Å². The van der Waals surface area contributed by atoms with Crippen molar-refractivity contribution in [2.45, 2.75) is 25.4 Å². The molecular weight excluding hydrogens is 473 g/mol. The molecule has 0 unspecified atom stereocenters. The number of aromatic nitrogens is 3. The van der Waals surface area contributed by atoms with Crippen LogP contribution in [-0.2, 0) is 18.0 Å². The van der Waals surface area contributed by atoms with E-state index in [2.05, 4.69) is 20.2 Å². The van der Waals surface area contributed by atoms with E-state index in [9.17, 15) is 23.2 Å². The number of piperidine rings is 1. The first-order valence-electron chi connectivity index (χ1n) is 11.7. The quantitative estimate of drug-likeness (QED) is 0.497. The number of carbonyl (C=O) groups is 1. The second kappa shape index (κ2) is 10.5. The molecule has 1 aromatic carbocycles. The Hall–Kier alpha value is -3.65. The van der Waals surface area contributed by atoms with E-state index >= 15 is 0 Å². The Morgan fingerprint density at radius 3 is 2.69 bits per heavy atom. The van der Waals surface area contributed by atoms with E-state index < -0.39 is 11.7 Å². The molecule has 0 radical (unpaired) electrons. The number of nitriles is 1. The lowest BCUT2D eigenvalue weighted by atomic mass is 9.96. The van der Waals surface area contributed by atoms with Gasteiger partial charge in [-0.3, -0.25) is 4.79 Å². The van der Waals surface area contributed by atoms with Gasteiger partial charge < -0.3 is 19.5 Å². The SMILES string of the molecule is CNC(=O)C1CCN(CCCOc2ccc(-c3cc4c(ncn4C)c(C#N)n3)cc2C(F)(F)F)CC1. The van der Waals surface area contributed by atoms with Crippen molar-refractivity contribution in [3.05, 3.63) is 41.9 Å². The summed E-state index contributed by atoms with van der Waals surface area (Å²) in [7, 11) is 3.37. The lowest BCUT2D eigenvalue weighted by molar-refractivity contribution is -0.139. The fraction of sp³-hybridized carbons (Fsp3) is 0.440. The summed E-state index contributed by atoms with van der Waals surface area (Å²) in [4.78, 5) is 22.3. The van der Waals surface area contributed by atoms with Crippen molar-refractivity contribution >= 4 is 16.9 Å². The summed E-state index contributed by atoms with van der Waals surface area (Å²) in [5.74, 6) is -0.167. The number of fused-ring (bicyclic) bond motifs is 1. The van der Waals surface area contributed by atoms with Crippen LogP contribution < -0.4 is 10.1 Å². The molecule has 1 amide bonds. The van der Waals surface area contributed by atoms with Crippen molar-refractivity contribution < 1.29 is 22.7 Å². The molecule has 8 nitrogen and oxygen atoms in total. The van der Waals surface area contributed by atoms with E-state index in [0.29, 0.717) is 24.0 Å². The van der Waals surface area contributed by atoms with Gasteiger partial charge in [-0.15, -0.1) is 0 Å². The lowest BCUT2D eigenvalue weighted by Gasteiger charge is -2.30. The molecule has 4 rings (SSSR count). The standard InChI is InChI=1S/C25H27F3N6O2/c1-30-24(35)16-6-9-34(10-7-16)8-3-11-36-22-5-4-17(12-18(22)25(26,27)28)19-13-21-23(20(14-29)32-19)31-15-33(21)2/h4-5,12-13,15-16H,3,6-11H2,1-2H3,(H,30,35). The number of nitrogens with zero attached hydrogens (tertiary/aromatic N) is 5. The third kappa shape index (κ3) is 5.44. The number of hydrogen-bond acceptors (Lipinski definition) is 6. The average Bonchev–Trinajstić information content (AvgIpc) is 3.26. The van der Waals surface area contributed by atoms with Gasteiger partial charge in [0.15, 0.2) is 5.69 Å². The maximum Gasteiger partial charge on any atom is 0.419 e. The van der Waals surface area contributed by atoms with Crippen LogP contribution in [0.25, 0.3) is 22.3 Å². The number of rotatable bonds is 7. The molecule has 2 aromatic heterocycles. The van der Waals surface area contributed by atoms with Gasteiger partial charge in [0.05, 0.1) is 29.7 Å². The number of pyridine rings is 1. The Morgan fingerprint density at radius 1 is 1.28 bits per heavy atom. The highest BCUT2D eigenvalue weighted by Crippen LogP contribution is 2.39. The Balaban J connectivity index is 1.45. The second-order valence-electron chi connectivity index (χ2n) is 8.83. The number of hydrogen-bond donors (Lipinski definition) is 1. The van der Waals surface area contributed by atoms with Crippen LogP contribution in [0.1, 0.15) is 30.5 Å². The molecule has 36 heavy (non-hydrogen) atoms. The van der Waals surface area contributed by atoms with Crippen LogP contribution in [0.5, 0.6) is 5.75 Å². The molecule has 11 heteroatoms. The first-order valence-corrected chi connectivity index (χ1v) is 11.7. The van der Waals surface area contributed by atoms with Crippen LogP contribution in [-0.4, -0.2) is 58.6 Å². The summed E-state index contributed by atoms with van der Waals surface area (Å²) in [5, 5.41) is 12.1. The maximum atomic E-state index is 13.9. The summed E-state index contributed by atoms with van der Waals surface area (Å²) >= 11 is 0. The van der Waals surface area contributed by atoms with Crippen LogP contribution in [0.3, 0.4) is 0 Å². The molecule has 1 fully saturated rings. The topological polar surface area (TPSA) is 96.1 Å². The first kappa shape index (κ1) is 25.4. The molecule has 3 heterocycles. The lowest BCUT2D eigenvalue weighted by Crippen LogP contribution is -2.40. The van der Waals surface area contributed by atoms with Gasteiger partial charge in [0.25, 0.3) is 0 Å². The molecule has 0 atom stereocenters. The number of amides is 1. The molecule has 0 aliphatic carbocycles. The normalized spacial score (nSPS) is 15.1. The number of imidazole rings is 1. The van der Waals surface area contributed by atoms with Gasteiger partial charge in [0.1, 0.15) is 17.3 Å². The second-order valence-corrected chi connectivity index (χ2v) is 8.83. The van der Waals surface area contributed by atoms with Gasteiger partial charge in [0.2, 0.25) is 5.91 Å². The third-order valence-corrected chi connectivity index (χ3v) is 6.48. The zero-order valence-electron chi connectivity index (χ0n) is 20.1. The zero-order chi connectivity index (χ0) is 25.9. The highest BCUT2D eigenvalue weighted by atomic mass is 19.4. The van der Waals surface area contributed by atoms with E-state index in [1.54, 1.807) is 24.7 Å². The predicted octanol–water partition coefficient (Wildman–Crippen LogP) is 3.75. The minimum absolute atomic E-state index is 0.0210. The zero-order valence-corrected chi connectivity index (χ0v) is 20.1. The summed E-state index contributed by atoms with van der Waals surface area (Å²) in [5.41, 5.74) is 0.642. The molecule has 1 aliphatic heterocycles. The van der Waals surface area contributed by atoms with Crippen molar-refractivity contribution in [2.24, 2.45) is 13.0 Å². The van der Waals surface area contributed by atoms with Gasteiger partial charge in [-0.05, 0) is 56.6 Å². The van der Waals surface area contributed by atoms with E-state index in [1.807, 2.05) is 6.07 Å². The number of ether oxygens (including phenoxy) is 1. The first-order chi connectivity index (χ1) is 17.2. The highest BCUT2D eigenvalue weighted by molar-refractivity contribution is 5.84. The van der Waals surface area contributed by atoms with Crippen molar-refractivity contribution in [2.75, 3.05) is 33.3 Å². The van der Waals surface area contributed by atoms with Gasteiger partial charge in [-0.25, -0.2) is 9.97 Å². The minimum atomic E-state index is -4.62. The number of benzene rings is 1. The molecule has 0 bridgehead atoms. The average molecular weight is 501 g/mol. The predicted molar refractivity (Wildman–Crippen MR) is 127 cm³/mol. The van der Waals surface area contributed by atoms with Crippen LogP contribution in [0.15, 0.2) is 30.6 Å². The van der Waals surface area contributed by atoms with E-state index in [0.717, 1.165) is 32.0 Å². The van der Waals surface area contributed by atoms with Crippen LogP contribution in [0.4, 0.5) is 13.2 Å². The van der Waals surface area contributed by atoms with E-state index in [4.69, 9.17) is 4.74 Å². The Bertz CT molecular complexity index is 1290. The number of aryl methyl sites for hydroxylation is 1. The number of alkyl halides is 3. The highest BCUT2D eigenvalue weighted by Gasteiger charge is 2.35. The molecule has 1 N–H and O–H groups in total. The smallest absolute Gasteiger partial charge is 0.419 e. The number of carbonyl (C=O) groups excluding carboxylic acids is 1. The summed E-state index contributed by atoms with van der Waals surface area (Å²) in [6, 6.07) is 7.40. The molecule has 0 saturated carbocycles. The van der Waals surface area contributed by atoms with E-state index in [-0.39, 0.29) is 41.1 Å². The Labute approximate surface area is 206 Å². The van der Waals surface area contributed by atoms with Crippen molar-refractivity contribution in [1.29, 1.82) is 5.26 Å². The van der Waals surface area contributed by atoms with Gasteiger partial charge in [-0.2, -0.15) is 18.4 Å². The molecule has 3 aromatic rings. The third-order valence-electron chi connectivity index (χ3n) is 6.48. The monoisotopic (exact) mass is 500 g/mol. The Kier molecular flexibility index (Phi) is 7.45. The molecule has 1 saturated heterocycles. The molecule has 0 spiro atoms. The molecule has 190 valence electrons. The van der Waals surface area contributed by atoms with Crippen molar-refractivity contribution in [3.63, 3.8) is 0 Å². The Morgan fingerprint density at radius 2 is 2.03 bits per heavy atom. The van der Waals surface area contributed by atoms with Crippen LogP contribution >= 0.6 is 0 Å². The van der Waals surface area contributed by atoms with Crippen LogP contribution in [0, 0.1) is 17.2 Å². The summed E-state index contributed by atoms with van der Waals surface area (Å²) in [6.07, 6.45) is -0.992. The summed E-state index contributed by atoms with van der Waals surface area (Å²) in [6.45, 7) is 2.37. The largest absolute Gasteiger partial charge is 0.493 e. The molecular formula is C25H27F3N6O2. The van der Waals surface area contributed by atoms with Gasteiger partial charge in [0, 0.05) is 32.1 Å². The van der Waals surface area contributed by atoms with Gasteiger partial charge >= 0.3 is 6.18 Å². The maximum absolute atomic E-state index is 13.9. The fourth-order valence-corrected chi connectivity index (χ4v) is 4.48. The molecule has 1 aliphatic rings. The van der Waals surface area contributed by atoms with E-state index in [1.165, 1.54) is 18.5 Å². The van der Waals surface area contributed by atoms with Crippen LogP contribution in [0.2, 0.25) is 0 Å². The fourth-order valence-electron chi connectivity index (χ4n) is 4.48. The summed E-state index contributed by atoms with van der Waals surface area (Å²) < 4.78 is 48.9. The van der Waals surface area contributed by atoms with Crippen molar-refractivity contribution in [3.8, 4) is 23.1 Å². The number of likely N-dealkylation sites (tertiary alicyclic amines) is 1.